The summed E-state index contributed by atoms with van der Waals surface area (Å²) in [5.74, 6) is 1.32. The molecule has 1 heterocycles. The lowest BCUT2D eigenvalue weighted by molar-refractivity contribution is -0.118. The highest BCUT2D eigenvalue weighted by Gasteiger charge is 2.32. The number of nitrogens with two attached hydrogens (primary N) is 1. The van der Waals surface area contributed by atoms with Crippen molar-refractivity contribution in [2.24, 2.45) is 5.73 Å². The van der Waals surface area contributed by atoms with Gasteiger partial charge in [-0.05, 0) is 56.9 Å². The maximum absolute atomic E-state index is 11.2. The molecule has 3 rings (SSSR count). The molecule has 1 aliphatic rings. The van der Waals surface area contributed by atoms with Crippen LogP contribution in [0.4, 0.5) is 0 Å². The Hall–Kier alpha value is -2.81. The summed E-state index contributed by atoms with van der Waals surface area (Å²) in [6, 6.07) is 5.92. The highest BCUT2D eigenvalue weighted by Crippen LogP contribution is 2.46. The first kappa shape index (κ1) is 16.1. The second-order valence-electron chi connectivity index (χ2n) is 6.34. The van der Waals surface area contributed by atoms with Crippen molar-refractivity contribution in [2.75, 3.05) is 0 Å². The summed E-state index contributed by atoms with van der Waals surface area (Å²) in [6.07, 6.45) is 2.16. The van der Waals surface area contributed by atoms with Crippen LogP contribution >= 0.6 is 0 Å². The van der Waals surface area contributed by atoms with Crippen LogP contribution in [-0.2, 0) is 11.3 Å². The molecule has 0 bridgehead atoms. The lowest BCUT2D eigenvalue weighted by atomic mass is 10.0. The molecule has 1 fully saturated rings. The zero-order valence-electron chi connectivity index (χ0n) is 14.1. The van der Waals surface area contributed by atoms with Gasteiger partial charge in [0.1, 0.15) is 18.0 Å². The number of hydrogen-bond donors (Lipinski definition) is 1. The van der Waals surface area contributed by atoms with Gasteiger partial charge in [0.15, 0.2) is 5.75 Å². The number of carbonyl (C=O) groups excluding carboxylic acids is 1. The summed E-state index contributed by atoms with van der Waals surface area (Å²) in [6.45, 7) is 5.70. The number of carbonyl (C=O) groups is 1. The first-order valence-corrected chi connectivity index (χ1v) is 7.95. The molecule has 1 aromatic carbocycles. The van der Waals surface area contributed by atoms with Crippen molar-refractivity contribution >= 4 is 5.91 Å². The second kappa shape index (κ2) is 6.00. The van der Waals surface area contributed by atoms with Crippen LogP contribution in [0.5, 0.6) is 11.5 Å². The third-order valence-corrected chi connectivity index (χ3v) is 4.28. The molecule has 0 spiro atoms. The van der Waals surface area contributed by atoms with Crippen LogP contribution in [0.3, 0.4) is 0 Å². The number of nitriles is 1. The molecule has 124 valence electrons. The van der Waals surface area contributed by atoms with E-state index in [-0.39, 0.29) is 6.54 Å². The normalized spacial score (nSPS) is 13.6. The molecule has 2 N–H and O–H groups in total. The van der Waals surface area contributed by atoms with Crippen LogP contribution < -0.4 is 10.5 Å². The molecule has 2 aromatic rings. The third kappa shape index (κ3) is 2.98. The number of primary amides is 1. The Labute approximate surface area is 140 Å². The number of ether oxygens (including phenoxy) is 1. The molecule has 0 atom stereocenters. The molecule has 1 aliphatic carbocycles. The molecule has 1 amide bonds. The van der Waals surface area contributed by atoms with E-state index in [9.17, 15) is 10.1 Å². The average molecular weight is 324 g/mol. The fourth-order valence-electron chi connectivity index (χ4n) is 2.88. The SMILES string of the molecule is Cc1cc(Oc2c(C3CC3)nn(CC(N)=O)c2C)cc(C)c1C#N. The predicted octanol–water partition coefficient (Wildman–Crippen LogP) is 2.84. The number of aromatic nitrogens is 2. The molecule has 0 saturated heterocycles. The number of nitrogens with zero attached hydrogens (tertiary/aromatic N) is 3. The molecule has 0 radical (unpaired) electrons. The smallest absolute Gasteiger partial charge is 0.239 e. The average Bonchev–Trinajstić information content (AvgIpc) is 3.29. The minimum Gasteiger partial charge on any atom is -0.453 e. The Morgan fingerprint density at radius 2 is 2.00 bits per heavy atom. The molecular weight excluding hydrogens is 304 g/mol. The Morgan fingerprint density at radius 3 is 2.50 bits per heavy atom. The monoisotopic (exact) mass is 324 g/mol. The fraction of sp³-hybridized carbons (Fsp3) is 0.389. The Balaban J connectivity index is 1.99. The molecule has 0 aliphatic heterocycles. The molecule has 1 saturated carbocycles. The van der Waals surface area contributed by atoms with Crippen LogP contribution in [0.2, 0.25) is 0 Å². The van der Waals surface area contributed by atoms with E-state index in [0.29, 0.717) is 23.0 Å². The quantitative estimate of drug-likeness (QED) is 0.915. The van der Waals surface area contributed by atoms with Gasteiger partial charge in [-0.2, -0.15) is 10.4 Å². The zero-order chi connectivity index (χ0) is 17.4. The molecule has 1 aromatic heterocycles. The van der Waals surface area contributed by atoms with Gasteiger partial charge in [0.05, 0.1) is 17.3 Å². The molecule has 6 heteroatoms. The lowest BCUT2D eigenvalue weighted by Crippen LogP contribution is -2.20. The topological polar surface area (TPSA) is 93.9 Å². The van der Waals surface area contributed by atoms with E-state index in [0.717, 1.165) is 35.4 Å². The predicted molar refractivity (Wildman–Crippen MR) is 88.8 cm³/mol. The molecular formula is C18H20N4O2. The van der Waals surface area contributed by atoms with E-state index in [1.807, 2.05) is 32.9 Å². The zero-order valence-corrected chi connectivity index (χ0v) is 14.1. The largest absolute Gasteiger partial charge is 0.453 e. The van der Waals surface area contributed by atoms with Gasteiger partial charge >= 0.3 is 0 Å². The van der Waals surface area contributed by atoms with Gasteiger partial charge in [0.25, 0.3) is 0 Å². The van der Waals surface area contributed by atoms with Gasteiger partial charge in [0.2, 0.25) is 5.91 Å². The number of aryl methyl sites for hydroxylation is 2. The molecule has 6 nitrogen and oxygen atoms in total. The van der Waals surface area contributed by atoms with E-state index < -0.39 is 5.91 Å². The second-order valence-corrected chi connectivity index (χ2v) is 6.34. The summed E-state index contributed by atoms with van der Waals surface area (Å²) in [7, 11) is 0. The van der Waals surface area contributed by atoms with Crippen molar-refractivity contribution in [3.63, 3.8) is 0 Å². The van der Waals surface area contributed by atoms with E-state index in [1.54, 1.807) is 4.68 Å². The standard InChI is InChI=1S/C18H20N4O2/c1-10-6-14(7-11(2)15(10)8-19)24-18-12(3)22(9-16(20)23)21-17(18)13-4-5-13/h6-7,13H,4-5,9H2,1-3H3,(H2,20,23). The van der Waals surface area contributed by atoms with Crippen molar-refractivity contribution in [3.8, 4) is 17.6 Å². The summed E-state index contributed by atoms with van der Waals surface area (Å²) in [4.78, 5) is 11.2. The summed E-state index contributed by atoms with van der Waals surface area (Å²) in [5, 5.41) is 13.7. The Bertz CT molecular complexity index is 834. The van der Waals surface area contributed by atoms with Crippen molar-refractivity contribution in [1.82, 2.24) is 9.78 Å². The van der Waals surface area contributed by atoms with Crippen LogP contribution in [-0.4, -0.2) is 15.7 Å². The van der Waals surface area contributed by atoms with Crippen LogP contribution in [0.15, 0.2) is 12.1 Å². The molecule has 24 heavy (non-hydrogen) atoms. The van der Waals surface area contributed by atoms with E-state index in [2.05, 4.69) is 11.2 Å². The lowest BCUT2D eigenvalue weighted by Gasteiger charge is -2.10. The number of benzene rings is 1. The highest BCUT2D eigenvalue weighted by molar-refractivity contribution is 5.73. The summed E-state index contributed by atoms with van der Waals surface area (Å²) >= 11 is 0. The van der Waals surface area contributed by atoms with Crippen molar-refractivity contribution in [2.45, 2.75) is 46.1 Å². The van der Waals surface area contributed by atoms with Gasteiger partial charge in [-0.15, -0.1) is 0 Å². The molecule has 0 unspecified atom stereocenters. The van der Waals surface area contributed by atoms with E-state index in [1.165, 1.54) is 0 Å². The Kier molecular flexibility index (Phi) is 4.02. The minimum atomic E-state index is -0.431. The van der Waals surface area contributed by atoms with Gasteiger partial charge in [-0.3, -0.25) is 9.48 Å². The summed E-state index contributed by atoms with van der Waals surface area (Å²) in [5.41, 5.74) is 9.39. The van der Waals surface area contributed by atoms with Gasteiger partial charge in [-0.1, -0.05) is 0 Å². The maximum Gasteiger partial charge on any atom is 0.239 e. The number of hydrogen-bond acceptors (Lipinski definition) is 4. The van der Waals surface area contributed by atoms with E-state index in [4.69, 9.17) is 10.5 Å². The number of rotatable bonds is 5. The first-order chi connectivity index (χ1) is 11.4. The van der Waals surface area contributed by atoms with Crippen LogP contribution in [0.1, 0.15) is 46.8 Å². The van der Waals surface area contributed by atoms with Crippen LogP contribution in [0.25, 0.3) is 0 Å². The third-order valence-electron chi connectivity index (χ3n) is 4.28. The maximum atomic E-state index is 11.2. The van der Waals surface area contributed by atoms with Crippen molar-refractivity contribution in [3.05, 3.63) is 40.2 Å². The Morgan fingerprint density at radius 1 is 1.38 bits per heavy atom. The number of amides is 1. The van der Waals surface area contributed by atoms with E-state index >= 15 is 0 Å². The highest BCUT2D eigenvalue weighted by atomic mass is 16.5. The first-order valence-electron chi connectivity index (χ1n) is 7.95. The van der Waals surface area contributed by atoms with Gasteiger partial charge < -0.3 is 10.5 Å². The van der Waals surface area contributed by atoms with Crippen molar-refractivity contribution in [1.29, 1.82) is 5.26 Å². The summed E-state index contributed by atoms with van der Waals surface area (Å²) < 4.78 is 7.73. The van der Waals surface area contributed by atoms with Gasteiger partial charge in [-0.25, -0.2) is 0 Å². The fourth-order valence-corrected chi connectivity index (χ4v) is 2.88. The minimum absolute atomic E-state index is 0.0420. The van der Waals surface area contributed by atoms with Crippen LogP contribution in [0, 0.1) is 32.1 Å². The van der Waals surface area contributed by atoms with Gasteiger partial charge in [0, 0.05) is 5.92 Å². The van der Waals surface area contributed by atoms with Crippen molar-refractivity contribution < 1.29 is 9.53 Å².